The van der Waals surface area contributed by atoms with Gasteiger partial charge in [-0.05, 0) is 36.1 Å². The van der Waals surface area contributed by atoms with Crippen molar-refractivity contribution in [3.8, 4) is 0 Å². The molecule has 1 aliphatic heterocycles. The fourth-order valence-electron chi connectivity index (χ4n) is 3.39. The summed E-state index contributed by atoms with van der Waals surface area (Å²) >= 11 is 6.13. The highest BCUT2D eigenvalue weighted by atomic mass is 35.5. The second-order valence-electron chi connectivity index (χ2n) is 7.12. The highest BCUT2D eigenvalue weighted by Gasteiger charge is 2.17. The molecule has 0 spiro atoms. The van der Waals surface area contributed by atoms with E-state index in [2.05, 4.69) is 36.1 Å². The van der Waals surface area contributed by atoms with Gasteiger partial charge in [-0.3, -0.25) is 9.69 Å². The Bertz CT molecular complexity index is 859. The van der Waals surface area contributed by atoms with E-state index < -0.39 is 0 Å². The molecule has 0 N–H and O–H groups in total. The molecule has 4 heteroatoms. The van der Waals surface area contributed by atoms with Crippen LogP contribution in [-0.4, -0.2) is 41.9 Å². The van der Waals surface area contributed by atoms with Crippen LogP contribution >= 0.6 is 11.6 Å². The average molecular weight is 395 g/mol. The van der Waals surface area contributed by atoms with Crippen LogP contribution in [0.15, 0.2) is 66.8 Å². The number of hydrogen-bond donors (Lipinski definition) is 0. The van der Waals surface area contributed by atoms with E-state index in [0.717, 1.165) is 44.7 Å². The number of benzene rings is 2. The van der Waals surface area contributed by atoms with Gasteiger partial charge in [-0.1, -0.05) is 72.3 Å². The van der Waals surface area contributed by atoms with Crippen LogP contribution in [0.5, 0.6) is 0 Å². The molecule has 28 heavy (non-hydrogen) atoms. The van der Waals surface area contributed by atoms with Gasteiger partial charge in [-0.15, -0.1) is 0 Å². The third-order valence-electron chi connectivity index (χ3n) is 5.09. The van der Waals surface area contributed by atoms with Gasteiger partial charge in [-0.2, -0.15) is 0 Å². The smallest absolute Gasteiger partial charge is 0.246 e. The molecule has 0 saturated carbocycles. The molecule has 3 rings (SSSR count). The minimum atomic E-state index is 0.0709. The lowest BCUT2D eigenvalue weighted by Gasteiger charge is -2.22. The number of hydrogen-bond acceptors (Lipinski definition) is 2. The highest BCUT2D eigenvalue weighted by Crippen LogP contribution is 2.16. The summed E-state index contributed by atoms with van der Waals surface area (Å²) in [6, 6.07) is 16.2. The van der Waals surface area contributed by atoms with E-state index in [1.165, 1.54) is 11.1 Å². The quantitative estimate of drug-likeness (QED) is 0.529. The van der Waals surface area contributed by atoms with Crippen molar-refractivity contribution in [2.24, 2.45) is 0 Å². The van der Waals surface area contributed by atoms with Crippen LogP contribution < -0.4 is 0 Å². The summed E-state index contributed by atoms with van der Waals surface area (Å²) in [4.78, 5) is 16.9. The van der Waals surface area contributed by atoms with Gasteiger partial charge in [0.15, 0.2) is 0 Å². The van der Waals surface area contributed by atoms with Crippen molar-refractivity contribution in [2.75, 3.05) is 26.2 Å². The van der Waals surface area contributed by atoms with Gasteiger partial charge in [0.2, 0.25) is 5.91 Å². The molecule has 0 radical (unpaired) electrons. The standard InChI is InChI=1S/C24H27ClN2O/c1-20-9-2-3-12-22(20)19-26-15-8-16-27(18-17-26)24(28)14-7-5-11-21-10-4-6-13-23(21)25/h2-7,9-14H,8,15-19H2,1H3/b11-5+,14-7+. The Morgan fingerprint density at radius 1 is 1.00 bits per heavy atom. The summed E-state index contributed by atoms with van der Waals surface area (Å²) in [5.74, 6) is 0.0709. The molecule has 1 heterocycles. The van der Waals surface area contributed by atoms with Crippen molar-refractivity contribution in [3.05, 3.63) is 88.5 Å². The maximum absolute atomic E-state index is 12.5. The highest BCUT2D eigenvalue weighted by molar-refractivity contribution is 6.32. The molecule has 1 fully saturated rings. The van der Waals surface area contributed by atoms with Gasteiger partial charge in [0.05, 0.1) is 0 Å². The van der Waals surface area contributed by atoms with E-state index in [-0.39, 0.29) is 5.91 Å². The van der Waals surface area contributed by atoms with E-state index >= 15 is 0 Å². The van der Waals surface area contributed by atoms with E-state index in [1.54, 1.807) is 12.2 Å². The minimum absolute atomic E-state index is 0.0709. The van der Waals surface area contributed by atoms with Crippen LogP contribution in [0.25, 0.3) is 6.08 Å². The third kappa shape index (κ3) is 5.82. The van der Waals surface area contributed by atoms with Gasteiger partial charge in [0, 0.05) is 43.8 Å². The van der Waals surface area contributed by atoms with Gasteiger partial charge in [-0.25, -0.2) is 0 Å². The van der Waals surface area contributed by atoms with E-state index in [4.69, 9.17) is 11.6 Å². The van der Waals surface area contributed by atoms with Gasteiger partial charge < -0.3 is 4.90 Å². The van der Waals surface area contributed by atoms with Gasteiger partial charge in [0.25, 0.3) is 0 Å². The summed E-state index contributed by atoms with van der Waals surface area (Å²) < 4.78 is 0. The van der Waals surface area contributed by atoms with E-state index in [1.807, 2.05) is 41.3 Å². The number of nitrogens with zero attached hydrogens (tertiary/aromatic N) is 2. The summed E-state index contributed by atoms with van der Waals surface area (Å²) in [6.45, 7) is 6.61. The molecule has 1 amide bonds. The van der Waals surface area contributed by atoms with Crippen molar-refractivity contribution in [2.45, 2.75) is 19.9 Å². The normalized spacial score (nSPS) is 16.0. The first-order valence-electron chi connectivity index (χ1n) is 9.78. The molecular formula is C24H27ClN2O. The summed E-state index contributed by atoms with van der Waals surface area (Å²) in [6.07, 6.45) is 8.22. The number of carbonyl (C=O) groups is 1. The largest absolute Gasteiger partial charge is 0.338 e. The summed E-state index contributed by atoms with van der Waals surface area (Å²) in [5, 5.41) is 0.708. The first kappa shape index (κ1) is 20.4. The van der Waals surface area contributed by atoms with Crippen LogP contribution in [0, 0.1) is 6.92 Å². The number of aryl methyl sites for hydroxylation is 1. The number of carbonyl (C=O) groups excluding carboxylic acids is 1. The molecule has 0 atom stereocenters. The molecular weight excluding hydrogens is 368 g/mol. The van der Waals surface area contributed by atoms with Crippen molar-refractivity contribution in [3.63, 3.8) is 0 Å². The zero-order valence-corrected chi connectivity index (χ0v) is 17.1. The number of allylic oxidation sites excluding steroid dienone is 2. The lowest BCUT2D eigenvalue weighted by atomic mass is 10.1. The molecule has 2 aromatic rings. The predicted molar refractivity (Wildman–Crippen MR) is 117 cm³/mol. The van der Waals surface area contributed by atoms with Crippen molar-refractivity contribution in [1.29, 1.82) is 0 Å². The maximum atomic E-state index is 12.5. The molecule has 0 aromatic heterocycles. The zero-order chi connectivity index (χ0) is 19.8. The van der Waals surface area contributed by atoms with E-state index in [0.29, 0.717) is 5.02 Å². The molecule has 1 aliphatic rings. The molecule has 3 nitrogen and oxygen atoms in total. The number of rotatable bonds is 5. The summed E-state index contributed by atoms with van der Waals surface area (Å²) in [7, 11) is 0. The Hall–Kier alpha value is -2.36. The minimum Gasteiger partial charge on any atom is -0.338 e. The van der Waals surface area contributed by atoms with Crippen molar-refractivity contribution >= 4 is 23.6 Å². The fraction of sp³-hybridized carbons (Fsp3) is 0.292. The molecule has 1 saturated heterocycles. The zero-order valence-electron chi connectivity index (χ0n) is 16.4. The fourth-order valence-corrected chi connectivity index (χ4v) is 3.59. The third-order valence-corrected chi connectivity index (χ3v) is 5.43. The Labute approximate surface area is 172 Å². The summed E-state index contributed by atoms with van der Waals surface area (Å²) in [5.41, 5.74) is 3.64. The second-order valence-corrected chi connectivity index (χ2v) is 7.53. The van der Waals surface area contributed by atoms with E-state index in [9.17, 15) is 4.79 Å². The lowest BCUT2D eigenvalue weighted by molar-refractivity contribution is -0.125. The lowest BCUT2D eigenvalue weighted by Crippen LogP contribution is -2.34. The topological polar surface area (TPSA) is 23.6 Å². The second kappa shape index (κ2) is 10.3. The van der Waals surface area contributed by atoms with Gasteiger partial charge >= 0.3 is 0 Å². The van der Waals surface area contributed by atoms with Crippen molar-refractivity contribution < 1.29 is 4.79 Å². The Balaban J connectivity index is 1.51. The first-order valence-corrected chi connectivity index (χ1v) is 10.2. The monoisotopic (exact) mass is 394 g/mol. The van der Waals surface area contributed by atoms with Crippen LogP contribution in [0.3, 0.4) is 0 Å². The first-order chi connectivity index (χ1) is 13.6. The maximum Gasteiger partial charge on any atom is 0.246 e. The average Bonchev–Trinajstić information content (AvgIpc) is 2.94. The Kier molecular flexibility index (Phi) is 7.46. The van der Waals surface area contributed by atoms with Crippen LogP contribution in [0.4, 0.5) is 0 Å². The number of amides is 1. The molecule has 146 valence electrons. The molecule has 2 aromatic carbocycles. The van der Waals surface area contributed by atoms with Crippen LogP contribution in [-0.2, 0) is 11.3 Å². The molecule has 0 unspecified atom stereocenters. The molecule has 0 bridgehead atoms. The van der Waals surface area contributed by atoms with Gasteiger partial charge in [0.1, 0.15) is 0 Å². The number of halogens is 1. The Morgan fingerprint density at radius 3 is 2.61 bits per heavy atom. The van der Waals surface area contributed by atoms with Crippen LogP contribution in [0.2, 0.25) is 5.02 Å². The van der Waals surface area contributed by atoms with Crippen molar-refractivity contribution in [1.82, 2.24) is 9.80 Å². The molecule has 0 aliphatic carbocycles. The SMILES string of the molecule is Cc1ccccc1CN1CCCN(C(=O)/C=C/C=C/c2ccccc2Cl)CC1. The predicted octanol–water partition coefficient (Wildman–Crippen LogP) is 4.95. The Morgan fingerprint density at radius 2 is 1.79 bits per heavy atom. The van der Waals surface area contributed by atoms with Crippen LogP contribution in [0.1, 0.15) is 23.1 Å².